The van der Waals surface area contributed by atoms with Crippen LogP contribution in [0, 0.1) is 11.8 Å². The third-order valence-corrected chi connectivity index (χ3v) is 3.69. The monoisotopic (exact) mass is 375 g/mol. The lowest BCUT2D eigenvalue weighted by molar-refractivity contribution is -0.114. The number of nitrogens with one attached hydrogen (secondary N) is 3. The molecule has 0 atom stereocenters. The Balaban J connectivity index is 1.82. The van der Waals surface area contributed by atoms with E-state index in [-0.39, 0.29) is 12.5 Å². The van der Waals surface area contributed by atoms with E-state index in [1.54, 1.807) is 42.5 Å². The van der Waals surface area contributed by atoms with Crippen molar-refractivity contribution in [3.05, 3.63) is 58.1 Å². The number of rotatable bonds is 3. The van der Waals surface area contributed by atoms with Gasteiger partial charge in [-0.25, -0.2) is 4.79 Å². The predicted molar refractivity (Wildman–Crippen MR) is 101 cm³/mol. The quantitative estimate of drug-likeness (QED) is 0.705. The first-order valence-electron chi connectivity index (χ1n) is 7.30. The fourth-order valence-corrected chi connectivity index (χ4v) is 2.16. The van der Waals surface area contributed by atoms with Crippen molar-refractivity contribution < 1.29 is 9.59 Å². The summed E-state index contributed by atoms with van der Waals surface area (Å²) in [4.78, 5) is 22.7. The van der Waals surface area contributed by atoms with Crippen molar-refractivity contribution in [1.82, 2.24) is 5.32 Å². The van der Waals surface area contributed by atoms with Crippen LogP contribution in [-0.2, 0) is 4.79 Å². The summed E-state index contributed by atoms with van der Waals surface area (Å²) in [6.45, 7) is 1.63. The Bertz CT molecular complexity index is 840. The molecule has 0 radical (unpaired) electrons. The maximum atomic E-state index is 11.8. The van der Waals surface area contributed by atoms with Crippen molar-refractivity contribution in [3.63, 3.8) is 0 Å². The number of urea groups is 1. The summed E-state index contributed by atoms with van der Waals surface area (Å²) in [5.74, 6) is 5.63. The molecule has 0 bridgehead atoms. The van der Waals surface area contributed by atoms with E-state index in [1.165, 1.54) is 6.92 Å². The molecule has 3 N–H and O–H groups in total. The maximum absolute atomic E-state index is 11.8. The number of hydrogen-bond donors (Lipinski definition) is 3. The summed E-state index contributed by atoms with van der Waals surface area (Å²) in [6, 6.07) is 11.5. The third kappa shape index (κ3) is 6.38. The molecule has 0 aliphatic carbocycles. The molecule has 25 heavy (non-hydrogen) atoms. The van der Waals surface area contributed by atoms with Gasteiger partial charge in [-0.2, -0.15) is 0 Å². The minimum Gasteiger partial charge on any atom is -0.327 e. The summed E-state index contributed by atoms with van der Waals surface area (Å²) in [6.07, 6.45) is 0. The van der Waals surface area contributed by atoms with Gasteiger partial charge in [0.15, 0.2) is 0 Å². The van der Waals surface area contributed by atoms with E-state index in [0.717, 1.165) is 5.56 Å². The van der Waals surface area contributed by atoms with Crippen LogP contribution in [0.4, 0.5) is 16.2 Å². The van der Waals surface area contributed by atoms with Crippen LogP contribution in [0.15, 0.2) is 42.5 Å². The van der Waals surface area contributed by atoms with Crippen molar-refractivity contribution in [1.29, 1.82) is 0 Å². The second-order valence-corrected chi connectivity index (χ2v) is 5.81. The number of carbonyl (C=O) groups excluding carboxylic acids is 2. The molecule has 0 fully saturated rings. The molecule has 2 aromatic rings. The molecule has 0 aliphatic heterocycles. The minimum atomic E-state index is -0.395. The summed E-state index contributed by atoms with van der Waals surface area (Å²) >= 11 is 11.7. The molecule has 0 saturated carbocycles. The van der Waals surface area contributed by atoms with Crippen molar-refractivity contribution in [2.45, 2.75) is 6.92 Å². The molecular weight excluding hydrogens is 361 g/mol. The first kappa shape index (κ1) is 18.7. The van der Waals surface area contributed by atoms with E-state index < -0.39 is 6.03 Å². The summed E-state index contributed by atoms with van der Waals surface area (Å²) in [5, 5.41) is 8.71. The molecule has 7 heteroatoms. The standard InChI is InChI=1S/C18H15Cl2N3O2/c1-12(24)22-14-6-4-13(5-7-14)3-2-10-21-18(25)23-15-8-9-16(19)17(20)11-15/h4-9,11H,10H2,1H3,(H,22,24)(H2,21,23,25). The van der Waals surface area contributed by atoms with E-state index >= 15 is 0 Å². The third-order valence-electron chi connectivity index (χ3n) is 2.95. The number of benzene rings is 2. The molecule has 0 aromatic heterocycles. The summed E-state index contributed by atoms with van der Waals surface area (Å²) < 4.78 is 0. The fraction of sp³-hybridized carbons (Fsp3) is 0.111. The van der Waals surface area contributed by atoms with Gasteiger partial charge in [-0.3, -0.25) is 4.79 Å². The zero-order valence-electron chi connectivity index (χ0n) is 13.3. The van der Waals surface area contributed by atoms with Gasteiger partial charge in [0.25, 0.3) is 0 Å². The van der Waals surface area contributed by atoms with Gasteiger partial charge in [0.05, 0.1) is 16.6 Å². The van der Waals surface area contributed by atoms with Crippen LogP contribution in [0.1, 0.15) is 12.5 Å². The first-order valence-corrected chi connectivity index (χ1v) is 8.06. The molecule has 0 spiro atoms. The Morgan fingerprint density at radius 1 is 0.960 bits per heavy atom. The van der Waals surface area contributed by atoms with Gasteiger partial charge in [0, 0.05) is 23.9 Å². The molecule has 5 nitrogen and oxygen atoms in total. The lowest BCUT2D eigenvalue weighted by Gasteiger charge is -2.06. The van der Waals surface area contributed by atoms with Gasteiger partial charge < -0.3 is 16.0 Å². The lowest BCUT2D eigenvalue weighted by Crippen LogP contribution is -2.28. The Morgan fingerprint density at radius 2 is 1.64 bits per heavy atom. The molecule has 2 rings (SSSR count). The molecule has 3 amide bonds. The minimum absolute atomic E-state index is 0.129. The highest BCUT2D eigenvalue weighted by molar-refractivity contribution is 6.42. The smallest absolute Gasteiger partial charge is 0.319 e. The second kappa shape index (κ2) is 8.97. The number of amides is 3. The zero-order chi connectivity index (χ0) is 18.2. The van der Waals surface area contributed by atoms with Crippen molar-refractivity contribution in [2.75, 3.05) is 17.2 Å². The molecule has 128 valence electrons. The van der Waals surface area contributed by atoms with Crippen LogP contribution in [0.5, 0.6) is 0 Å². The van der Waals surface area contributed by atoms with Crippen molar-refractivity contribution in [3.8, 4) is 11.8 Å². The molecule has 0 aliphatic rings. The SMILES string of the molecule is CC(=O)Nc1ccc(C#CCNC(=O)Nc2ccc(Cl)c(Cl)c2)cc1. The zero-order valence-corrected chi connectivity index (χ0v) is 14.8. The van der Waals surface area contributed by atoms with Crippen LogP contribution in [-0.4, -0.2) is 18.5 Å². The average Bonchev–Trinajstić information content (AvgIpc) is 2.56. The highest BCUT2D eigenvalue weighted by Gasteiger charge is 2.03. The highest BCUT2D eigenvalue weighted by atomic mass is 35.5. The summed E-state index contributed by atoms with van der Waals surface area (Å²) in [7, 11) is 0. The van der Waals surface area contributed by atoms with Crippen molar-refractivity contribution in [2.24, 2.45) is 0 Å². The maximum Gasteiger partial charge on any atom is 0.319 e. The average molecular weight is 376 g/mol. The fourth-order valence-electron chi connectivity index (χ4n) is 1.86. The molecular formula is C18H15Cl2N3O2. The van der Waals surface area contributed by atoms with Gasteiger partial charge in [-0.15, -0.1) is 0 Å². The van der Waals surface area contributed by atoms with Crippen LogP contribution in [0.3, 0.4) is 0 Å². The second-order valence-electron chi connectivity index (χ2n) is 5.00. The van der Waals surface area contributed by atoms with E-state index in [2.05, 4.69) is 27.8 Å². The number of halogens is 2. The normalized spacial score (nSPS) is 9.56. The topological polar surface area (TPSA) is 70.2 Å². The van der Waals surface area contributed by atoms with E-state index in [1.807, 2.05) is 0 Å². The van der Waals surface area contributed by atoms with Gasteiger partial charge in [0.2, 0.25) is 5.91 Å². The number of carbonyl (C=O) groups is 2. The Labute approximate surface area is 155 Å². The largest absolute Gasteiger partial charge is 0.327 e. The van der Waals surface area contributed by atoms with Gasteiger partial charge in [-0.1, -0.05) is 35.0 Å². The Kier molecular flexibility index (Phi) is 6.70. The Hall–Kier alpha value is -2.68. The molecule has 0 heterocycles. The van der Waals surface area contributed by atoms with Gasteiger partial charge in [-0.05, 0) is 42.5 Å². The molecule has 0 unspecified atom stereocenters. The van der Waals surface area contributed by atoms with E-state index in [4.69, 9.17) is 23.2 Å². The number of anilines is 2. The first-order chi connectivity index (χ1) is 11.9. The van der Waals surface area contributed by atoms with Crippen LogP contribution < -0.4 is 16.0 Å². The molecule has 0 saturated heterocycles. The van der Waals surface area contributed by atoms with E-state index in [0.29, 0.717) is 21.4 Å². The summed E-state index contributed by atoms with van der Waals surface area (Å²) in [5.41, 5.74) is 2.02. The van der Waals surface area contributed by atoms with E-state index in [9.17, 15) is 9.59 Å². The highest BCUT2D eigenvalue weighted by Crippen LogP contribution is 2.24. The number of hydrogen-bond acceptors (Lipinski definition) is 2. The van der Waals surface area contributed by atoms with Crippen molar-refractivity contribution >= 4 is 46.5 Å². The van der Waals surface area contributed by atoms with Gasteiger partial charge in [0.1, 0.15) is 0 Å². The Morgan fingerprint density at radius 3 is 2.28 bits per heavy atom. The lowest BCUT2D eigenvalue weighted by atomic mass is 10.2. The van der Waals surface area contributed by atoms with Crippen LogP contribution in [0.2, 0.25) is 10.0 Å². The molecule has 2 aromatic carbocycles. The van der Waals surface area contributed by atoms with Gasteiger partial charge >= 0.3 is 6.03 Å². The predicted octanol–water partition coefficient (Wildman–Crippen LogP) is 4.13. The van der Waals surface area contributed by atoms with Crippen LogP contribution >= 0.6 is 23.2 Å². The van der Waals surface area contributed by atoms with Crippen LogP contribution in [0.25, 0.3) is 0 Å².